The van der Waals surface area contributed by atoms with E-state index in [4.69, 9.17) is 9.47 Å². The molecule has 5 nitrogen and oxygen atoms in total. The van der Waals surface area contributed by atoms with Crippen LogP contribution in [0.1, 0.15) is 12.5 Å². The molecule has 132 valence electrons. The van der Waals surface area contributed by atoms with Crippen LogP contribution in [0.2, 0.25) is 0 Å². The van der Waals surface area contributed by atoms with E-state index < -0.39 is 0 Å². The average molecular weight is 478 g/mol. The van der Waals surface area contributed by atoms with Gasteiger partial charge in [-0.3, -0.25) is 4.79 Å². The summed E-state index contributed by atoms with van der Waals surface area (Å²) in [6.45, 7) is 2.50. The molecule has 2 aromatic heterocycles. The van der Waals surface area contributed by atoms with Crippen molar-refractivity contribution in [3.05, 3.63) is 60.4 Å². The van der Waals surface area contributed by atoms with Gasteiger partial charge in [0, 0.05) is 0 Å². The standard InChI is InChI=1S/C19H15IN2O3S/c1-3-25-17-12(20)8-11(9-15(17)24-2)10-16-18(23)22-14-7-5-4-6-13(14)21-19(22)26-16/h4-10H,3H2,1-2H3/b16-10+. The monoisotopic (exact) mass is 478 g/mol. The minimum Gasteiger partial charge on any atom is -0.493 e. The minimum atomic E-state index is -0.0541. The Hall–Kier alpha value is -2.13. The number of halogens is 1. The van der Waals surface area contributed by atoms with E-state index in [1.807, 2.05) is 49.4 Å². The van der Waals surface area contributed by atoms with Gasteiger partial charge in [0.1, 0.15) is 0 Å². The van der Waals surface area contributed by atoms with Crippen LogP contribution >= 0.6 is 33.9 Å². The van der Waals surface area contributed by atoms with Gasteiger partial charge >= 0.3 is 0 Å². The summed E-state index contributed by atoms with van der Waals surface area (Å²) in [4.78, 5) is 18.1. The molecule has 0 unspecified atom stereocenters. The van der Waals surface area contributed by atoms with Gasteiger partial charge in [0.15, 0.2) is 16.5 Å². The van der Waals surface area contributed by atoms with E-state index in [-0.39, 0.29) is 5.56 Å². The van der Waals surface area contributed by atoms with Gasteiger partial charge < -0.3 is 9.47 Å². The molecule has 0 aliphatic carbocycles. The van der Waals surface area contributed by atoms with Crippen LogP contribution < -0.4 is 19.6 Å². The molecule has 0 amide bonds. The van der Waals surface area contributed by atoms with Crippen LogP contribution in [0.3, 0.4) is 0 Å². The molecular formula is C19H15IN2O3S. The predicted molar refractivity (Wildman–Crippen MR) is 113 cm³/mol. The second kappa shape index (κ2) is 6.88. The summed E-state index contributed by atoms with van der Waals surface area (Å²) in [5.41, 5.74) is 2.50. The maximum Gasteiger partial charge on any atom is 0.274 e. The number of hydrogen-bond acceptors (Lipinski definition) is 5. The van der Waals surface area contributed by atoms with E-state index in [0.29, 0.717) is 21.8 Å². The summed E-state index contributed by atoms with van der Waals surface area (Å²) in [6, 6.07) is 11.5. The lowest BCUT2D eigenvalue weighted by atomic mass is 10.2. The smallest absolute Gasteiger partial charge is 0.274 e. The predicted octanol–water partition coefficient (Wildman–Crippen LogP) is 3.47. The normalized spacial score (nSPS) is 12.2. The van der Waals surface area contributed by atoms with Gasteiger partial charge in [0.2, 0.25) is 0 Å². The maximum atomic E-state index is 12.9. The lowest BCUT2D eigenvalue weighted by Crippen LogP contribution is -2.22. The number of rotatable bonds is 4. The van der Waals surface area contributed by atoms with Crippen LogP contribution in [0.4, 0.5) is 0 Å². The van der Waals surface area contributed by atoms with E-state index in [0.717, 1.165) is 25.9 Å². The number of hydrogen-bond donors (Lipinski definition) is 0. The Labute approximate surface area is 167 Å². The Bertz CT molecular complexity index is 1230. The summed E-state index contributed by atoms with van der Waals surface area (Å²) in [6.07, 6.45) is 1.87. The molecule has 0 bridgehead atoms. The molecule has 4 rings (SSSR count). The molecule has 0 spiro atoms. The van der Waals surface area contributed by atoms with Crippen LogP contribution in [-0.2, 0) is 0 Å². The highest BCUT2D eigenvalue weighted by Gasteiger charge is 2.13. The average Bonchev–Trinajstić information content (AvgIpc) is 3.14. The third-order valence-electron chi connectivity index (χ3n) is 3.98. The van der Waals surface area contributed by atoms with Crippen molar-refractivity contribution >= 4 is 56.0 Å². The Balaban J connectivity index is 1.90. The van der Waals surface area contributed by atoms with Crippen molar-refractivity contribution in [1.82, 2.24) is 9.38 Å². The molecule has 0 saturated heterocycles. The zero-order valence-corrected chi connectivity index (χ0v) is 17.1. The molecule has 7 heteroatoms. The fraction of sp³-hybridized carbons (Fsp3) is 0.158. The van der Waals surface area contributed by atoms with Crippen molar-refractivity contribution in [2.45, 2.75) is 6.92 Å². The summed E-state index contributed by atoms with van der Waals surface area (Å²) in [5, 5.41) is 0. The number of aromatic nitrogens is 2. The summed E-state index contributed by atoms with van der Waals surface area (Å²) in [5.74, 6) is 1.38. The molecule has 0 aliphatic rings. The second-order valence-electron chi connectivity index (χ2n) is 5.60. The summed E-state index contributed by atoms with van der Waals surface area (Å²) in [7, 11) is 1.61. The molecule has 2 heterocycles. The first-order valence-electron chi connectivity index (χ1n) is 8.04. The van der Waals surface area contributed by atoms with Crippen molar-refractivity contribution in [2.75, 3.05) is 13.7 Å². The molecule has 4 aromatic rings. The van der Waals surface area contributed by atoms with Crippen LogP contribution in [0.15, 0.2) is 41.2 Å². The Morgan fingerprint density at radius 2 is 2.12 bits per heavy atom. The van der Waals surface area contributed by atoms with Crippen LogP contribution in [-0.4, -0.2) is 23.1 Å². The molecule has 0 atom stereocenters. The fourth-order valence-corrected chi connectivity index (χ4v) is 4.64. The molecule has 0 radical (unpaired) electrons. The van der Waals surface area contributed by atoms with E-state index in [2.05, 4.69) is 27.6 Å². The summed E-state index contributed by atoms with van der Waals surface area (Å²) >= 11 is 3.60. The first kappa shape index (κ1) is 17.3. The number of para-hydroxylation sites is 2. The quantitative estimate of drug-likeness (QED) is 0.422. The Morgan fingerprint density at radius 1 is 1.31 bits per heavy atom. The fourth-order valence-electron chi connectivity index (χ4n) is 2.87. The third-order valence-corrected chi connectivity index (χ3v) is 5.75. The minimum absolute atomic E-state index is 0.0541. The van der Waals surface area contributed by atoms with E-state index >= 15 is 0 Å². The topological polar surface area (TPSA) is 52.8 Å². The van der Waals surface area contributed by atoms with E-state index in [9.17, 15) is 4.79 Å². The largest absolute Gasteiger partial charge is 0.493 e. The van der Waals surface area contributed by atoms with Crippen LogP contribution in [0, 0.1) is 3.57 Å². The summed E-state index contributed by atoms with van der Waals surface area (Å²) < 4.78 is 14.3. The van der Waals surface area contributed by atoms with Gasteiger partial charge in [-0.05, 0) is 65.4 Å². The molecule has 0 fully saturated rings. The lowest BCUT2D eigenvalue weighted by molar-refractivity contribution is 0.308. The number of benzene rings is 2. The van der Waals surface area contributed by atoms with Gasteiger partial charge in [0.05, 0.1) is 32.9 Å². The first-order valence-corrected chi connectivity index (χ1v) is 9.94. The number of ether oxygens (including phenoxy) is 2. The van der Waals surface area contributed by atoms with E-state index in [1.165, 1.54) is 11.3 Å². The molecule has 26 heavy (non-hydrogen) atoms. The van der Waals surface area contributed by atoms with Crippen LogP contribution in [0.25, 0.3) is 22.1 Å². The molecule has 0 saturated carbocycles. The Kier molecular flexibility index (Phi) is 4.58. The zero-order valence-electron chi connectivity index (χ0n) is 14.2. The van der Waals surface area contributed by atoms with Gasteiger partial charge in [0.25, 0.3) is 5.56 Å². The number of nitrogens with zero attached hydrogens (tertiary/aromatic N) is 2. The Morgan fingerprint density at radius 3 is 2.88 bits per heavy atom. The number of methoxy groups -OCH3 is 1. The molecule has 0 N–H and O–H groups in total. The van der Waals surface area contributed by atoms with Gasteiger partial charge in [-0.1, -0.05) is 23.5 Å². The van der Waals surface area contributed by atoms with Crippen molar-refractivity contribution in [1.29, 1.82) is 0 Å². The zero-order chi connectivity index (χ0) is 18.3. The van der Waals surface area contributed by atoms with Crippen molar-refractivity contribution in [2.24, 2.45) is 0 Å². The van der Waals surface area contributed by atoms with Crippen LogP contribution in [0.5, 0.6) is 11.5 Å². The molecule has 2 aromatic carbocycles. The molecule has 0 aliphatic heterocycles. The highest BCUT2D eigenvalue weighted by atomic mass is 127. The SMILES string of the molecule is CCOc1c(I)cc(/C=c2/sc3nc4ccccc4n3c2=O)cc1OC. The lowest BCUT2D eigenvalue weighted by Gasteiger charge is -2.12. The second-order valence-corrected chi connectivity index (χ2v) is 7.77. The number of imidazole rings is 1. The van der Waals surface area contributed by atoms with E-state index in [1.54, 1.807) is 11.5 Å². The van der Waals surface area contributed by atoms with Gasteiger partial charge in [-0.25, -0.2) is 9.38 Å². The molecular weight excluding hydrogens is 463 g/mol. The highest BCUT2D eigenvalue weighted by Crippen LogP contribution is 2.34. The van der Waals surface area contributed by atoms with Crippen molar-refractivity contribution in [3.63, 3.8) is 0 Å². The number of fused-ring (bicyclic) bond motifs is 3. The highest BCUT2D eigenvalue weighted by molar-refractivity contribution is 14.1. The van der Waals surface area contributed by atoms with Crippen molar-refractivity contribution < 1.29 is 9.47 Å². The van der Waals surface area contributed by atoms with Gasteiger partial charge in [-0.15, -0.1) is 0 Å². The van der Waals surface area contributed by atoms with Crippen molar-refractivity contribution in [3.8, 4) is 11.5 Å². The number of thiazole rings is 1. The van der Waals surface area contributed by atoms with Gasteiger partial charge in [-0.2, -0.15) is 0 Å². The first-order chi connectivity index (χ1) is 12.6. The third kappa shape index (κ3) is 2.84. The maximum absolute atomic E-state index is 12.9.